The quantitative estimate of drug-likeness (QED) is 0.924. The summed E-state index contributed by atoms with van der Waals surface area (Å²) in [6.45, 7) is 6.35. The van der Waals surface area contributed by atoms with Crippen LogP contribution in [0.15, 0.2) is 16.7 Å². The lowest BCUT2D eigenvalue weighted by Gasteiger charge is -2.19. The number of aryl methyl sites for hydroxylation is 1. The topological polar surface area (TPSA) is 53.1 Å². The number of benzene rings is 1. The van der Waals surface area contributed by atoms with Crippen LogP contribution in [0.4, 0.5) is 5.82 Å². The number of nitrogen functional groups attached to an aromatic ring is 1. The molecule has 0 amide bonds. The summed E-state index contributed by atoms with van der Waals surface area (Å²) in [5.74, 6) is 1.87. The molecule has 0 fully saturated rings. The maximum atomic E-state index is 6.13. The molecule has 5 heteroatoms. The van der Waals surface area contributed by atoms with Crippen LogP contribution in [0.1, 0.15) is 30.9 Å². The summed E-state index contributed by atoms with van der Waals surface area (Å²) < 4.78 is 8.41. The molecule has 0 spiro atoms. The minimum Gasteiger partial charge on any atom is -0.496 e. The monoisotopic (exact) mass is 337 g/mol. The first-order valence-electron chi connectivity index (χ1n) is 6.53. The summed E-state index contributed by atoms with van der Waals surface area (Å²) in [7, 11) is 3.53. The van der Waals surface area contributed by atoms with Crippen molar-refractivity contribution in [3.8, 4) is 16.9 Å². The molecule has 0 bridgehead atoms. The highest BCUT2D eigenvalue weighted by molar-refractivity contribution is 9.10. The van der Waals surface area contributed by atoms with E-state index in [2.05, 4.69) is 47.9 Å². The fourth-order valence-corrected chi connectivity index (χ4v) is 2.80. The van der Waals surface area contributed by atoms with Crippen LogP contribution in [-0.2, 0) is 7.05 Å². The predicted molar refractivity (Wildman–Crippen MR) is 86.1 cm³/mol. The van der Waals surface area contributed by atoms with Crippen LogP contribution in [0.5, 0.6) is 5.75 Å². The molecule has 1 aromatic heterocycles. The number of rotatable bonds is 3. The number of nitrogens with zero attached hydrogens (tertiary/aromatic N) is 2. The highest BCUT2D eigenvalue weighted by Gasteiger charge is 2.21. The summed E-state index contributed by atoms with van der Waals surface area (Å²) in [4.78, 5) is 0. The van der Waals surface area contributed by atoms with Crippen molar-refractivity contribution in [3.05, 3.63) is 27.9 Å². The lowest BCUT2D eigenvalue weighted by atomic mass is 9.93. The van der Waals surface area contributed by atoms with Gasteiger partial charge in [0.1, 0.15) is 11.6 Å². The molecule has 20 heavy (non-hydrogen) atoms. The van der Waals surface area contributed by atoms with Gasteiger partial charge in [-0.1, -0.05) is 29.8 Å². The van der Waals surface area contributed by atoms with Gasteiger partial charge in [-0.2, -0.15) is 5.10 Å². The maximum absolute atomic E-state index is 6.13. The zero-order valence-corrected chi connectivity index (χ0v) is 14.1. The van der Waals surface area contributed by atoms with Crippen LogP contribution in [0.2, 0.25) is 0 Å². The molecular weight excluding hydrogens is 318 g/mol. The van der Waals surface area contributed by atoms with E-state index in [1.54, 1.807) is 18.0 Å². The van der Waals surface area contributed by atoms with Crippen molar-refractivity contribution in [2.45, 2.75) is 26.7 Å². The molecule has 0 unspecified atom stereocenters. The lowest BCUT2D eigenvalue weighted by molar-refractivity contribution is 0.409. The lowest BCUT2D eigenvalue weighted by Crippen LogP contribution is -2.02. The van der Waals surface area contributed by atoms with Gasteiger partial charge in [-0.15, -0.1) is 0 Å². The van der Waals surface area contributed by atoms with E-state index in [0.717, 1.165) is 32.5 Å². The normalized spacial score (nSPS) is 11.2. The Hall–Kier alpha value is -1.49. The summed E-state index contributed by atoms with van der Waals surface area (Å²) in [6.07, 6.45) is 1.79. The van der Waals surface area contributed by atoms with Gasteiger partial charge in [-0.3, -0.25) is 4.68 Å². The second-order valence-corrected chi connectivity index (χ2v) is 6.06. The fraction of sp³-hybridized carbons (Fsp3) is 0.400. The molecule has 108 valence electrons. The Bertz CT molecular complexity index is 647. The third-order valence-corrected chi connectivity index (χ3v) is 4.41. The Balaban J connectivity index is 2.83. The largest absolute Gasteiger partial charge is 0.496 e. The second-order valence-electron chi connectivity index (χ2n) is 5.20. The summed E-state index contributed by atoms with van der Waals surface area (Å²) >= 11 is 3.63. The zero-order valence-electron chi connectivity index (χ0n) is 12.5. The molecule has 0 radical (unpaired) electrons. The Kier molecular flexibility index (Phi) is 4.09. The number of hydrogen-bond acceptors (Lipinski definition) is 3. The number of anilines is 1. The van der Waals surface area contributed by atoms with Gasteiger partial charge in [0.15, 0.2) is 0 Å². The molecule has 0 aliphatic rings. The smallest absolute Gasteiger partial charge is 0.130 e. The highest BCUT2D eigenvalue weighted by atomic mass is 79.9. The number of nitrogens with two attached hydrogens (primary N) is 1. The van der Waals surface area contributed by atoms with Crippen LogP contribution in [0.3, 0.4) is 0 Å². The third-order valence-electron chi connectivity index (χ3n) is 3.58. The first-order chi connectivity index (χ1) is 9.38. The minimum absolute atomic E-state index is 0.360. The van der Waals surface area contributed by atoms with Gasteiger partial charge in [0.25, 0.3) is 0 Å². The van der Waals surface area contributed by atoms with E-state index in [-0.39, 0.29) is 0 Å². The number of halogens is 1. The van der Waals surface area contributed by atoms with E-state index in [1.165, 1.54) is 0 Å². The van der Waals surface area contributed by atoms with Crippen molar-refractivity contribution in [1.82, 2.24) is 9.78 Å². The molecule has 0 aliphatic carbocycles. The maximum Gasteiger partial charge on any atom is 0.130 e. The summed E-state index contributed by atoms with van der Waals surface area (Å²) in [5, 5.41) is 4.23. The van der Waals surface area contributed by atoms with E-state index >= 15 is 0 Å². The molecule has 0 saturated carbocycles. The summed E-state index contributed by atoms with van der Waals surface area (Å²) in [6, 6.07) is 2.12. The average Bonchev–Trinajstić information content (AvgIpc) is 2.72. The molecular formula is C15H20BrN3O. The van der Waals surface area contributed by atoms with E-state index in [0.29, 0.717) is 11.7 Å². The van der Waals surface area contributed by atoms with Crippen LogP contribution in [0.25, 0.3) is 11.1 Å². The van der Waals surface area contributed by atoms with Crippen molar-refractivity contribution in [3.63, 3.8) is 0 Å². The van der Waals surface area contributed by atoms with Gasteiger partial charge in [0, 0.05) is 22.6 Å². The van der Waals surface area contributed by atoms with Gasteiger partial charge < -0.3 is 10.5 Å². The number of ether oxygens (including phenoxy) is 1. The number of aromatic nitrogens is 2. The van der Waals surface area contributed by atoms with Gasteiger partial charge in [-0.05, 0) is 30.0 Å². The fourth-order valence-electron chi connectivity index (χ4n) is 2.36. The van der Waals surface area contributed by atoms with Gasteiger partial charge in [0.05, 0.1) is 13.3 Å². The van der Waals surface area contributed by atoms with Crippen molar-refractivity contribution >= 4 is 21.7 Å². The van der Waals surface area contributed by atoms with E-state index < -0.39 is 0 Å². The second kappa shape index (κ2) is 5.48. The summed E-state index contributed by atoms with van der Waals surface area (Å²) in [5.41, 5.74) is 10.3. The highest BCUT2D eigenvalue weighted by Crippen LogP contribution is 2.44. The number of methoxy groups -OCH3 is 1. The average molecular weight is 338 g/mol. The third kappa shape index (κ3) is 2.30. The Morgan fingerprint density at radius 1 is 1.40 bits per heavy atom. The van der Waals surface area contributed by atoms with Crippen molar-refractivity contribution < 1.29 is 4.74 Å². The van der Waals surface area contributed by atoms with E-state index in [4.69, 9.17) is 10.5 Å². The predicted octanol–water partition coefficient (Wildman–Crippen LogP) is 3.87. The standard InChI is InChI=1S/C15H20BrN3O/c1-8(2)10-6-12(16)9(3)13(14(10)20-5)11-7-18-19(4)15(11)17/h6-8H,17H2,1-5H3. The molecule has 1 heterocycles. The van der Waals surface area contributed by atoms with Crippen LogP contribution in [0, 0.1) is 6.92 Å². The van der Waals surface area contributed by atoms with Gasteiger partial charge in [0.2, 0.25) is 0 Å². The van der Waals surface area contributed by atoms with Crippen LogP contribution < -0.4 is 10.5 Å². The Labute approximate surface area is 128 Å². The molecule has 2 aromatic rings. The molecule has 0 saturated heterocycles. The van der Waals surface area contributed by atoms with Gasteiger partial charge in [-0.25, -0.2) is 0 Å². The van der Waals surface area contributed by atoms with E-state index in [1.807, 2.05) is 7.05 Å². The molecule has 2 N–H and O–H groups in total. The van der Waals surface area contributed by atoms with Crippen molar-refractivity contribution in [2.24, 2.45) is 7.05 Å². The van der Waals surface area contributed by atoms with Crippen LogP contribution >= 0.6 is 15.9 Å². The molecule has 0 atom stereocenters. The molecule has 0 aliphatic heterocycles. The number of hydrogen-bond donors (Lipinski definition) is 1. The van der Waals surface area contributed by atoms with Crippen molar-refractivity contribution in [2.75, 3.05) is 12.8 Å². The van der Waals surface area contributed by atoms with Gasteiger partial charge >= 0.3 is 0 Å². The SMILES string of the molecule is COc1c(C(C)C)cc(Br)c(C)c1-c1cnn(C)c1N. The molecule has 2 rings (SSSR count). The van der Waals surface area contributed by atoms with Crippen LogP contribution in [-0.4, -0.2) is 16.9 Å². The first kappa shape index (κ1) is 14.9. The minimum atomic E-state index is 0.360. The molecule has 1 aromatic carbocycles. The first-order valence-corrected chi connectivity index (χ1v) is 7.32. The van der Waals surface area contributed by atoms with Crippen molar-refractivity contribution in [1.29, 1.82) is 0 Å². The Morgan fingerprint density at radius 2 is 2.05 bits per heavy atom. The zero-order chi connectivity index (χ0) is 15.0. The Morgan fingerprint density at radius 3 is 2.50 bits per heavy atom. The molecule has 4 nitrogen and oxygen atoms in total. The van der Waals surface area contributed by atoms with E-state index in [9.17, 15) is 0 Å².